The van der Waals surface area contributed by atoms with Crippen molar-refractivity contribution in [1.82, 2.24) is 4.90 Å². The number of fused-ring (bicyclic) bond motifs is 3. The van der Waals surface area contributed by atoms with Crippen LogP contribution in [-0.4, -0.2) is 79.7 Å². The fourth-order valence-corrected chi connectivity index (χ4v) is 6.28. The van der Waals surface area contributed by atoms with Crippen LogP contribution in [0.4, 0.5) is 0 Å². The number of ketones is 2. The molecule has 2 aromatic rings. The molecule has 2 aromatic carbocycles. The van der Waals surface area contributed by atoms with Crippen LogP contribution in [0.25, 0.3) is 17.4 Å². The second-order valence-corrected chi connectivity index (χ2v) is 10.5. The Morgan fingerprint density at radius 2 is 1.77 bits per heavy atom. The molecule has 3 aliphatic carbocycles. The average molecular weight is 553 g/mol. The number of nitrogens with zero attached hydrogens (tertiary/aromatic N) is 1. The lowest BCUT2D eigenvalue weighted by atomic mass is 9.55. The predicted octanol–water partition coefficient (Wildman–Crippen LogP) is 1.59. The molecule has 0 spiro atoms. The summed E-state index contributed by atoms with van der Waals surface area (Å²) in [5, 5.41) is 57.0. The topological polar surface area (TPSA) is 182 Å². The summed E-state index contributed by atoms with van der Waals surface area (Å²) in [5.74, 6) is -8.97. The second kappa shape index (κ2) is 9.06. The Kier molecular flexibility index (Phi) is 6.19. The quantitative estimate of drug-likeness (QED) is 0.308. The van der Waals surface area contributed by atoms with Gasteiger partial charge in [0.1, 0.15) is 22.8 Å². The molecule has 0 aromatic heterocycles. The van der Waals surface area contributed by atoms with E-state index in [9.17, 15) is 39.9 Å². The fourth-order valence-electron chi connectivity index (χ4n) is 6.09. The van der Waals surface area contributed by atoms with E-state index in [4.69, 9.17) is 17.3 Å². The van der Waals surface area contributed by atoms with Crippen LogP contribution in [0.15, 0.2) is 59.4 Å². The van der Waals surface area contributed by atoms with E-state index in [-0.39, 0.29) is 16.9 Å². The third kappa shape index (κ3) is 3.64. The van der Waals surface area contributed by atoms with Crippen molar-refractivity contribution < 1.29 is 39.9 Å². The van der Waals surface area contributed by atoms with E-state index in [0.717, 1.165) is 0 Å². The molecule has 11 heteroatoms. The van der Waals surface area contributed by atoms with Crippen LogP contribution in [0, 0.1) is 11.8 Å². The maximum Gasteiger partial charge on any atom is 0.255 e. The molecule has 1 amide bonds. The van der Waals surface area contributed by atoms with E-state index in [1.165, 1.54) is 31.1 Å². The number of hydrogen-bond donors (Lipinski definition) is 6. The van der Waals surface area contributed by atoms with Crippen LogP contribution in [0.1, 0.15) is 16.7 Å². The van der Waals surface area contributed by atoms with Gasteiger partial charge in [0, 0.05) is 10.9 Å². The summed E-state index contributed by atoms with van der Waals surface area (Å²) in [6, 6.07) is 9.62. The van der Waals surface area contributed by atoms with Gasteiger partial charge in [0.15, 0.2) is 11.4 Å². The zero-order chi connectivity index (χ0) is 28.5. The molecule has 0 saturated heterocycles. The van der Waals surface area contributed by atoms with Gasteiger partial charge in [-0.3, -0.25) is 19.3 Å². The van der Waals surface area contributed by atoms with E-state index in [0.29, 0.717) is 16.1 Å². The van der Waals surface area contributed by atoms with E-state index in [1.807, 2.05) is 0 Å². The number of rotatable bonds is 3. The molecule has 0 radical (unpaired) electrons. The van der Waals surface area contributed by atoms with Crippen molar-refractivity contribution in [1.29, 1.82) is 0 Å². The molecule has 202 valence electrons. The van der Waals surface area contributed by atoms with Crippen molar-refractivity contribution in [2.45, 2.75) is 17.7 Å². The summed E-state index contributed by atoms with van der Waals surface area (Å²) in [6.07, 6.45) is -0.138. The minimum absolute atomic E-state index is 0.130. The zero-order valence-electron chi connectivity index (χ0n) is 20.8. The first-order valence-electron chi connectivity index (χ1n) is 11.9. The van der Waals surface area contributed by atoms with Gasteiger partial charge in [0.05, 0.1) is 29.2 Å². The van der Waals surface area contributed by atoms with Gasteiger partial charge in [0.2, 0.25) is 5.78 Å². The number of likely N-dealkylation sites (N-methyl/N-ethyl adjacent to an activating group) is 1. The van der Waals surface area contributed by atoms with Crippen LogP contribution in [0.5, 0.6) is 5.75 Å². The summed E-state index contributed by atoms with van der Waals surface area (Å²) in [7, 11) is 2.89. The number of phenols is 1. The van der Waals surface area contributed by atoms with Gasteiger partial charge in [-0.2, -0.15) is 0 Å². The second-order valence-electron chi connectivity index (χ2n) is 10.1. The lowest BCUT2D eigenvalue weighted by Gasteiger charge is -2.53. The van der Waals surface area contributed by atoms with Crippen LogP contribution in [0.2, 0.25) is 5.02 Å². The highest BCUT2D eigenvalue weighted by molar-refractivity contribution is 6.30. The first kappa shape index (κ1) is 26.6. The fraction of sp³-hybridized carbons (Fsp3) is 0.250. The minimum Gasteiger partial charge on any atom is -0.508 e. The molecule has 0 bridgehead atoms. The highest BCUT2D eigenvalue weighted by Gasteiger charge is 2.68. The number of amides is 1. The SMILES string of the molecule is CN(C)[C@H]1C(=O)C(C(N)=O)=C(O)[C@]2(O)C(=O)C3=C(O)c4c(O)cccc4/C(=C\c4cccc(Cl)c4)[C@@H]3[C@@H](O)[C@H]12. The smallest absolute Gasteiger partial charge is 0.255 e. The molecular formula is C28H25ClN2O8. The number of hydrogen-bond acceptors (Lipinski definition) is 9. The number of aromatic hydroxyl groups is 1. The molecular weight excluding hydrogens is 528 g/mol. The third-order valence-corrected chi connectivity index (χ3v) is 7.94. The van der Waals surface area contributed by atoms with Crippen molar-refractivity contribution in [3.8, 4) is 5.75 Å². The number of halogens is 1. The Morgan fingerprint density at radius 1 is 1.10 bits per heavy atom. The van der Waals surface area contributed by atoms with Crippen LogP contribution in [0.3, 0.4) is 0 Å². The van der Waals surface area contributed by atoms with Crippen LogP contribution in [-0.2, 0) is 14.4 Å². The summed E-state index contributed by atoms with van der Waals surface area (Å²) in [6.45, 7) is 0. The zero-order valence-corrected chi connectivity index (χ0v) is 21.5. The molecule has 0 heterocycles. The van der Waals surface area contributed by atoms with E-state index in [1.54, 1.807) is 36.4 Å². The lowest BCUT2D eigenvalue weighted by Crippen LogP contribution is -2.70. The van der Waals surface area contributed by atoms with Crippen molar-refractivity contribution in [3.05, 3.63) is 81.1 Å². The van der Waals surface area contributed by atoms with Gasteiger partial charge in [-0.1, -0.05) is 41.9 Å². The number of aliphatic hydroxyl groups excluding tert-OH is 3. The Balaban J connectivity index is 1.86. The van der Waals surface area contributed by atoms with Crippen LogP contribution < -0.4 is 5.73 Å². The standard InChI is InChI=1S/C28H25ClN2O8/c1-31(2)21-20-23(34)17-14(10-11-5-3-6-12(29)9-11)13-7-4-8-15(32)16(13)22(33)18(17)25(36)28(20,39)26(37)19(24(21)35)27(30)38/h3-10,17,20-21,23,32-34,37,39H,1-2H3,(H2,30,38)/b14-10+/t17-,20-,21+,23+,28+/m0/s1. The predicted molar refractivity (Wildman–Crippen MR) is 141 cm³/mol. The monoisotopic (exact) mass is 552 g/mol. The van der Waals surface area contributed by atoms with Gasteiger partial charge in [-0.15, -0.1) is 0 Å². The maximum atomic E-state index is 14.1. The Morgan fingerprint density at radius 3 is 2.38 bits per heavy atom. The van der Waals surface area contributed by atoms with Crippen molar-refractivity contribution in [2.24, 2.45) is 17.6 Å². The van der Waals surface area contributed by atoms with Crippen molar-refractivity contribution in [2.75, 3.05) is 14.1 Å². The molecule has 5 atom stereocenters. The lowest BCUT2D eigenvalue weighted by molar-refractivity contribution is -0.166. The van der Waals surface area contributed by atoms with E-state index >= 15 is 0 Å². The number of phenolic OH excluding ortho intramolecular Hbond substituents is 1. The molecule has 1 fully saturated rings. The highest BCUT2D eigenvalue weighted by Crippen LogP contribution is 2.56. The molecule has 1 saturated carbocycles. The number of carbonyl (C=O) groups excluding carboxylic acids is 3. The van der Waals surface area contributed by atoms with Gasteiger partial charge >= 0.3 is 0 Å². The van der Waals surface area contributed by atoms with Crippen LogP contribution >= 0.6 is 11.6 Å². The molecule has 10 nitrogen and oxygen atoms in total. The highest BCUT2D eigenvalue weighted by atomic mass is 35.5. The molecule has 7 N–H and O–H groups in total. The summed E-state index contributed by atoms with van der Waals surface area (Å²) >= 11 is 6.17. The number of primary amides is 1. The minimum atomic E-state index is -2.99. The van der Waals surface area contributed by atoms with Gasteiger partial charge in [0.25, 0.3) is 5.91 Å². The number of benzene rings is 2. The summed E-state index contributed by atoms with van der Waals surface area (Å²) in [5.41, 5.74) is 1.88. The molecule has 0 aliphatic heterocycles. The van der Waals surface area contributed by atoms with Gasteiger partial charge in [-0.25, -0.2) is 0 Å². The van der Waals surface area contributed by atoms with Crippen molar-refractivity contribution >= 4 is 46.5 Å². The molecule has 39 heavy (non-hydrogen) atoms. The Hall–Kier alpha value is -3.96. The van der Waals surface area contributed by atoms with Gasteiger partial charge < -0.3 is 31.3 Å². The van der Waals surface area contributed by atoms with Crippen molar-refractivity contribution in [3.63, 3.8) is 0 Å². The Bertz CT molecular complexity index is 1560. The normalized spacial score (nSPS) is 29.4. The number of carbonyl (C=O) groups is 3. The Labute approximate surface area is 227 Å². The molecule has 0 unspecified atom stereocenters. The number of nitrogens with two attached hydrogens (primary N) is 1. The number of Topliss-reactive ketones (excluding diaryl/α,β-unsaturated/α-hetero) is 2. The first-order chi connectivity index (χ1) is 18.3. The van der Waals surface area contributed by atoms with Gasteiger partial charge in [-0.05, 0) is 49.0 Å². The maximum absolute atomic E-state index is 14.1. The molecule has 3 aliphatic rings. The summed E-state index contributed by atoms with van der Waals surface area (Å²) < 4.78 is 0. The largest absolute Gasteiger partial charge is 0.508 e. The molecule has 5 rings (SSSR count). The van der Waals surface area contributed by atoms with E-state index in [2.05, 4.69) is 0 Å². The van der Waals surface area contributed by atoms with E-state index < -0.39 is 69.7 Å². The third-order valence-electron chi connectivity index (χ3n) is 7.70. The summed E-state index contributed by atoms with van der Waals surface area (Å²) in [4.78, 5) is 40.9. The number of aliphatic hydroxyl groups is 4. The first-order valence-corrected chi connectivity index (χ1v) is 12.3. The average Bonchev–Trinajstić information content (AvgIpc) is 2.85.